The van der Waals surface area contributed by atoms with Gasteiger partial charge < -0.3 is 5.32 Å². The predicted molar refractivity (Wildman–Crippen MR) is 68.2 cm³/mol. The minimum Gasteiger partial charge on any atom is -0.349 e. The summed E-state index contributed by atoms with van der Waals surface area (Å²) in [6.45, 7) is 2.53. The molecule has 0 unspecified atom stereocenters. The molecule has 1 N–H and O–H groups in total. The first-order valence-electron chi connectivity index (χ1n) is 5.87. The van der Waals surface area contributed by atoms with E-state index in [9.17, 15) is 4.39 Å². The second-order valence-electron chi connectivity index (χ2n) is 4.35. The summed E-state index contributed by atoms with van der Waals surface area (Å²) in [6.07, 6.45) is 3.24. The molecule has 0 aliphatic rings. The molecule has 0 radical (unpaired) electrons. The van der Waals surface area contributed by atoms with E-state index in [0.29, 0.717) is 18.1 Å². The average molecular weight is 260 g/mol. The number of fused-ring (bicyclic) bond motifs is 1. The van der Waals surface area contributed by atoms with Gasteiger partial charge in [0.05, 0.1) is 11.9 Å². The van der Waals surface area contributed by atoms with E-state index in [-0.39, 0.29) is 5.82 Å². The fourth-order valence-corrected chi connectivity index (χ4v) is 1.93. The zero-order chi connectivity index (χ0) is 13.4. The lowest BCUT2D eigenvalue weighted by Crippen LogP contribution is -2.01. The molecule has 0 saturated carbocycles. The molecule has 0 atom stereocenters. The molecular formula is C12H13FN6. The Morgan fingerprint density at radius 2 is 2.11 bits per heavy atom. The third-order valence-electron chi connectivity index (χ3n) is 2.85. The van der Waals surface area contributed by atoms with E-state index in [1.54, 1.807) is 10.7 Å². The van der Waals surface area contributed by atoms with Gasteiger partial charge in [-0.2, -0.15) is 10.1 Å². The quantitative estimate of drug-likeness (QED) is 0.775. The molecule has 19 heavy (non-hydrogen) atoms. The van der Waals surface area contributed by atoms with Crippen LogP contribution in [0.25, 0.3) is 5.65 Å². The zero-order valence-corrected chi connectivity index (χ0v) is 10.6. The van der Waals surface area contributed by atoms with Crippen molar-refractivity contribution < 1.29 is 4.39 Å². The van der Waals surface area contributed by atoms with Crippen LogP contribution in [0.2, 0.25) is 0 Å². The Kier molecular flexibility index (Phi) is 2.66. The smallest absolute Gasteiger partial charge is 0.243 e. The maximum atomic E-state index is 13.0. The third kappa shape index (κ3) is 2.26. The Labute approximate surface area is 108 Å². The summed E-state index contributed by atoms with van der Waals surface area (Å²) in [6, 6.07) is 2.95. The molecule has 0 bridgehead atoms. The van der Waals surface area contributed by atoms with Crippen LogP contribution in [0.1, 0.15) is 11.3 Å². The van der Waals surface area contributed by atoms with Crippen LogP contribution in [0, 0.1) is 12.7 Å². The second-order valence-corrected chi connectivity index (χ2v) is 4.35. The van der Waals surface area contributed by atoms with Gasteiger partial charge in [-0.1, -0.05) is 0 Å². The highest BCUT2D eigenvalue weighted by molar-refractivity contribution is 5.43. The number of hydrogen-bond acceptors (Lipinski definition) is 4. The number of rotatable bonds is 3. The van der Waals surface area contributed by atoms with Crippen molar-refractivity contribution in [3.8, 4) is 0 Å². The zero-order valence-electron chi connectivity index (χ0n) is 10.6. The van der Waals surface area contributed by atoms with Gasteiger partial charge in [-0.15, -0.1) is 5.10 Å². The van der Waals surface area contributed by atoms with Gasteiger partial charge in [0.25, 0.3) is 0 Å². The summed E-state index contributed by atoms with van der Waals surface area (Å²) in [5, 5.41) is 11.5. The van der Waals surface area contributed by atoms with E-state index in [4.69, 9.17) is 0 Å². The Morgan fingerprint density at radius 1 is 1.26 bits per heavy atom. The van der Waals surface area contributed by atoms with Crippen molar-refractivity contribution in [3.63, 3.8) is 0 Å². The van der Waals surface area contributed by atoms with Crippen LogP contribution >= 0.6 is 0 Å². The molecule has 0 aliphatic heterocycles. The number of aromatic nitrogens is 5. The molecule has 0 aromatic carbocycles. The maximum Gasteiger partial charge on any atom is 0.243 e. The Balaban J connectivity index is 1.80. The summed E-state index contributed by atoms with van der Waals surface area (Å²) >= 11 is 0. The first-order valence-corrected chi connectivity index (χ1v) is 5.87. The molecule has 0 spiro atoms. The summed E-state index contributed by atoms with van der Waals surface area (Å²) in [7, 11) is 1.88. The van der Waals surface area contributed by atoms with Crippen molar-refractivity contribution in [1.29, 1.82) is 0 Å². The van der Waals surface area contributed by atoms with Crippen LogP contribution < -0.4 is 5.32 Å². The average Bonchev–Trinajstić information content (AvgIpc) is 2.89. The molecule has 0 aliphatic carbocycles. The number of hydrogen-bond donors (Lipinski definition) is 1. The van der Waals surface area contributed by atoms with E-state index >= 15 is 0 Å². The number of anilines is 1. The molecule has 6 nitrogen and oxygen atoms in total. The molecule has 3 aromatic heterocycles. The molecule has 3 aromatic rings. The van der Waals surface area contributed by atoms with Gasteiger partial charge in [0, 0.05) is 25.4 Å². The van der Waals surface area contributed by atoms with Crippen molar-refractivity contribution >= 4 is 11.6 Å². The number of nitrogens with one attached hydrogen (secondary N) is 1. The van der Waals surface area contributed by atoms with E-state index < -0.39 is 0 Å². The lowest BCUT2D eigenvalue weighted by atomic mass is 10.3. The molecule has 3 rings (SSSR count). The van der Waals surface area contributed by atoms with Crippen molar-refractivity contribution in [2.75, 3.05) is 5.32 Å². The molecule has 98 valence electrons. The molecule has 7 heteroatoms. The van der Waals surface area contributed by atoms with Crippen LogP contribution in [-0.4, -0.2) is 24.4 Å². The van der Waals surface area contributed by atoms with Crippen molar-refractivity contribution in [3.05, 3.63) is 41.6 Å². The lowest BCUT2D eigenvalue weighted by Gasteiger charge is -1.98. The minimum atomic E-state index is -0.341. The van der Waals surface area contributed by atoms with Gasteiger partial charge >= 0.3 is 0 Å². The van der Waals surface area contributed by atoms with Gasteiger partial charge in [0.2, 0.25) is 5.95 Å². The predicted octanol–water partition coefficient (Wildman–Crippen LogP) is 1.52. The molecule has 0 amide bonds. The molecular weight excluding hydrogens is 247 g/mol. The highest BCUT2D eigenvalue weighted by atomic mass is 19.1. The van der Waals surface area contributed by atoms with Gasteiger partial charge in [-0.3, -0.25) is 4.68 Å². The van der Waals surface area contributed by atoms with E-state index in [1.807, 2.05) is 20.2 Å². The SMILES string of the molecule is Cc1nn(C)cc1CNc1nc2ccc(F)cn2n1. The number of pyridine rings is 1. The largest absolute Gasteiger partial charge is 0.349 e. The first kappa shape index (κ1) is 11.6. The fourth-order valence-electron chi connectivity index (χ4n) is 1.93. The summed E-state index contributed by atoms with van der Waals surface area (Å²) in [4.78, 5) is 4.25. The molecule has 0 fully saturated rings. The van der Waals surface area contributed by atoms with Crippen LogP contribution in [-0.2, 0) is 13.6 Å². The second kappa shape index (κ2) is 4.34. The van der Waals surface area contributed by atoms with Gasteiger partial charge in [-0.25, -0.2) is 8.91 Å². The lowest BCUT2D eigenvalue weighted by molar-refractivity contribution is 0.615. The topological polar surface area (TPSA) is 60.0 Å². The van der Waals surface area contributed by atoms with Crippen LogP contribution in [0.3, 0.4) is 0 Å². The minimum absolute atomic E-state index is 0.341. The fraction of sp³-hybridized carbons (Fsp3) is 0.250. The van der Waals surface area contributed by atoms with Gasteiger partial charge in [0.1, 0.15) is 5.82 Å². The normalized spacial score (nSPS) is 11.1. The number of halogens is 1. The number of aryl methyl sites for hydroxylation is 2. The van der Waals surface area contributed by atoms with Crippen molar-refractivity contribution in [2.45, 2.75) is 13.5 Å². The highest BCUT2D eigenvalue weighted by Gasteiger charge is 2.06. The van der Waals surface area contributed by atoms with Gasteiger partial charge in [-0.05, 0) is 19.1 Å². The Bertz CT molecular complexity index is 729. The van der Waals surface area contributed by atoms with Crippen LogP contribution in [0.4, 0.5) is 10.3 Å². The highest BCUT2D eigenvalue weighted by Crippen LogP contribution is 2.10. The molecule has 3 heterocycles. The monoisotopic (exact) mass is 260 g/mol. The summed E-state index contributed by atoms with van der Waals surface area (Å²) in [5.41, 5.74) is 2.64. The maximum absolute atomic E-state index is 13.0. The standard InChI is InChI=1S/C12H13FN6/c1-8-9(6-18(2)16-8)5-14-12-15-11-4-3-10(13)7-19(11)17-12/h3-4,6-7H,5H2,1-2H3,(H,14,17). The number of nitrogens with zero attached hydrogens (tertiary/aromatic N) is 5. The Hall–Kier alpha value is -2.44. The van der Waals surface area contributed by atoms with E-state index in [1.165, 1.54) is 16.8 Å². The summed E-state index contributed by atoms with van der Waals surface area (Å²) < 4.78 is 16.2. The van der Waals surface area contributed by atoms with E-state index in [0.717, 1.165) is 11.3 Å². The van der Waals surface area contributed by atoms with Crippen molar-refractivity contribution in [1.82, 2.24) is 24.4 Å². The van der Waals surface area contributed by atoms with Crippen LogP contribution in [0.5, 0.6) is 0 Å². The van der Waals surface area contributed by atoms with Gasteiger partial charge in [0.15, 0.2) is 5.65 Å². The summed E-state index contributed by atoms with van der Waals surface area (Å²) in [5.74, 6) is 0.126. The first-order chi connectivity index (χ1) is 9.11. The van der Waals surface area contributed by atoms with E-state index in [2.05, 4.69) is 20.5 Å². The van der Waals surface area contributed by atoms with Crippen molar-refractivity contribution in [2.24, 2.45) is 7.05 Å². The Morgan fingerprint density at radius 3 is 2.84 bits per heavy atom. The molecule has 0 saturated heterocycles. The van der Waals surface area contributed by atoms with Crippen LogP contribution in [0.15, 0.2) is 24.5 Å². The third-order valence-corrected chi connectivity index (χ3v) is 2.85.